The number of aliphatic hydroxyl groups is 1. The molecule has 2 aliphatic heterocycles. The number of piperidine rings is 1. The molecule has 2 saturated heterocycles. The van der Waals surface area contributed by atoms with Crippen molar-refractivity contribution in [1.29, 1.82) is 0 Å². The molecule has 7 nitrogen and oxygen atoms in total. The molecule has 0 aliphatic carbocycles. The number of hydrogen-bond acceptors (Lipinski definition) is 6. The van der Waals surface area contributed by atoms with Crippen molar-refractivity contribution in [2.24, 2.45) is 5.92 Å². The number of fused-ring (bicyclic) bond motifs is 2. The van der Waals surface area contributed by atoms with Gasteiger partial charge in [-0.1, -0.05) is 0 Å². The third kappa shape index (κ3) is 3.35. The van der Waals surface area contributed by atoms with Crippen molar-refractivity contribution in [3.63, 3.8) is 0 Å². The lowest BCUT2D eigenvalue weighted by molar-refractivity contribution is -0.163. The molecule has 4 unspecified atom stereocenters. The number of carbonyl (C=O) groups is 2. The second kappa shape index (κ2) is 6.04. The molecule has 2 rings (SSSR count). The quantitative estimate of drug-likeness (QED) is 0.708. The van der Waals surface area contributed by atoms with E-state index in [-0.39, 0.29) is 18.2 Å². The molecule has 0 spiro atoms. The number of ether oxygens (including phenoxy) is 2. The number of esters is 1. The van der Waals surface area contributed by atoms with Gasteiger partial charge in [-0.25, -0.2) is 4.79 Å². The second-order valence-electron chi connectivity index (χ2n) is 7.12. The molecule has 1 N–H and O–H groups in total. The second-order valence-corrected chi connectivity index (χ2v) is 7.12. The average molecular weight is 314 g/mol. The molecule has 7 heteroatoms. The van der Waals surface area contributed by atoms with E-state index >= 15 is 0 Å². The summed E-state index contributed by atoms with van der Waals surface area (Å²) in [6.45, 7) is 6.31. The van der Waals surface area contributed by atoms with Gasteiger partial charge in [0.1, 0.15) is 5.60 Å². The van der Waals surface area contributed by atoms with Gasteiger partial charge in [-0.15, -0.1) is 0 Å². The molecule has 0 aromatic heterocycles. The maximum atomic E-state index is 12.3. The monoisotopic (exact) mass is 314 g/mol. The first kappa shape index (κ1) is 17.0. The van der Waals surface area contributed by atoms with Crippen LogP contribution in [0.2, 0.25) is 0 Å². The van der Waals surface area contributed by atoms with Crippen LogP contribution in [0.25, 0.3) is 0 Å². The third-order valence-corrected chi connectivity index (χ3v) is 4.41. The van der Waals surface area contributed by atoms with Crippen LogP contribution in [0.1, 0.15) is 27.2 Å². The largest absolute Gasteiger partial charge is 0.469 e. The number of piperazine rings is 1. The molecule has 4 atom stereocenters. The number of amides is 1. The summed E-state index contributed by atoms with van der Waals surface area (Å²) in [5.74, 6) is -1.08. The predicted octanol–water partition coefficient (Wildman–Crippen LogP) is 0.460. The maximum absolute atomic E-state index is 12.3. The minimum Gasteiger partial charge on any atom is -0.469 e. The van der Waals surface area contributed by atoms with Gasteiger partial charge < -0.3 is 19.5 Å². The van der Waals surface area contributed by atoms with Gasteiger partial charge in [0.05, 0.1) is 19.1 Å². The van der Waals surface area contributed by atoms with Gasteiger partial charge in [0.2, 0.25) is 0 Å². The van der Waals surface area contributed by atoms with Crippen molar-refractivity contribution in [2.45, 2.75) is 51.0 Å². The van der Waals surface area contributed by atoms with E-state index in [0.717, 1.165) is 0 Å². The van der Waals surface area contributed by atoms with Crippen LogP contribution in [0.15, 0.2) is 0 Å². The molecule has 2 heterocycles. The fraction of sp³-hybridized carbons (Fsp3) is 0.867. The van der Waals surface area contributed by atoms with Gasteiger partial charge >= 0.3 is 12.1 Å². The SMILES string of the molecule is COC(=O)C1C(O)CC2CN(C(=O)OC(C)(C)C)CC1N2C. The topological polar surface area (TPSA) is 79.3 Å². The number of rotatable bonds is 1. The van der Waals surface area contributed by atoms with E-state index in [0.29, 0.717) is 19.5 Å². The van der Waals surface area contributed by atoms with Crippen LogP contribution >= 0.6 is 0 Å². The molecule has 126 valence electrons. The van der Waals surface area contributed by atoms with E-state index in [1.165, 1.54) is 7.11 Å². The van der Waals surface area contributed by atoms with E-state index in [2.05, 4.69) is 4.90 Å². The first-order chi connectivity index (χ1) is 10.1. The normalized spacial score (nSPS) is 32.5. The highest BCUT2D eigenvalue weighted by molar-refractivity contribution is 5.75. The third-order valence-electron chi connectivity index (χ3n) is 4.41. The zero-order valence-corrected chi connectivity index (χ0v) is 13.9. The fourth-order valence-corrected chi connectivity index (χ4v) is 3.30. The van der Waals surface area contributed by atoms with E-state index < -0.39 is 23.6 Å². The Morgan fingerprint density at radius 1 is 1.23 bits per heavy atom. The van der Waals surface area contributed by atoms with Gasteiger partial charge in [0.15, 0.2) is 0 Å². The number of likely N-dealkylation sites (tertiary alicyclic amines) is 1. The molecule has 2 aliphatic rings. The van der Waals surface area contributed by atoms with Crippen molar-refractivity contribution >= 4 is 12.1 Å². The molecule has 0 saturated carbocycles. The minimum absolute atomic E-state index is 0.0159. The molecule has 2 fully saturated rings. The Kier molecular flexibility index (Phi) is 4.67. The van der Waals surface area contributed by atoms with Crippen molar-refractivity contribution in [2.75, 3.05) is 27.2 Å². The highest BCUT2D eigenvalue weighted by Gasteiger charge is 2.50. The Balaban J connectivity index is 2.16. The van der Waals surface area contributed by atoms with Gasteiger partial charge in [-0.05, 0) is 34.2 Å². The number of methoxy groups -OCH3 is 1. The van der Waals surface area contributed by atoms with Crippen molar-refractivity contribution in [3.05, 3.63) is 0 Å². The summed E-state index contributed by atoms with van der Waals surface area (Å²) < 4.78 is 10.2. The standard InChI is InChI=1S/C15H26N2O5/c1-15(2,3)22-14(20)17-7-9-6-11(18)12(13(19)21-5)10(8-17)16(9)4/h9-12,18H,6-8H2,1-5H3. The van der Waals surface area contributed by atoms with Gasteiger partial charge in [-0.2, -0.15) is 0 Å². The lowest BCUT2D eigenvalue weighted by atomic mass is 9.80. The van der Waals surface area contributed by atoms with Gasteiger partial charge in [0, 0.05) is 25.2 Å². The van der Waals surface area contributed by atoms with E-state index in [9.17, 15) is 14.7 Å². The van der Waals surface area contributed by atoms with E-state index in [1.807, 2.05) is 27.8 Å². The molecule has 0 radical (unpaired) electrons. The number of nitrogens with zero attached hydrogens (tertiary/aromatic N) is 2. The smallest absolute Gasteiger partial charge is 0.410 e. The maximum Gasteiger partial charge on any atom is 0.410 e. The number of carbonyl (C=O) groups excluding carboxylic acids is 2. The van der Waals surface area contributed by atoms with Crippen LogP contribution in [0, 0.1) is 5.92 Å². The Morgan fingerprint density at radius 3 is 2.41 bits per heavy atom. The molecule has 0 aromatic rings. The minimum atomic E-state index is -0.737. The summed E-state index contributed by atoms with van der Waals surface area (Å²) in [4.78, 5) is 28.0. The Bertz CT molecular complexity index is 448. The van der Waals surface area contributed by atoms with E-state index in [1.54, 1.807) is 4.90 Å². The predicted molar refractivity (Wildman–Crippen MR) is 79.3 cm³/mol. The Hall–Kier alpha value is -1.34. The summed E-state index contributed by atoms with van der Waals surface area (Å²) in [5.41, 5.74) is -0.559. The first-order valence-electron chi connectivity index (χ1n) is 7.60. The molecule has 1 amide bonds. The number of hydrogen-bond donors (Lipinski definition) is 1. The van der Waals surface area contributed by atoms with Crippen LogP contribution in [0.5, 0.6) is 0 Å². The Labute approximate surface area is 131 Å². The summed E-state index contributed by atoms with van der Waals surface area (Å²) in [6.07, 6.45) is -0.679. The van der Waals surface area contributed by atoms with Gasteiger partial charge in [-0.3, -0.25) is 9.69 Å². The van der Waals surface area contributed by atoms with Crippen LogP contribution in [-0.4, -0.2) is 78.0 Å². The molecular formula is C15H26N2O5. The van der Waals surface area contributed by atoms with E-state index in [4.69, 9.17) is 9.47 Å². The highest BCUT2D eigenvalue weighted by atomic mass is 16.6. The first-order valence-corrected chi connectivity index (χ1v) is 7.60. The average Bonchev–Trinajstić information content (AvgIpc) is 2.38. The summed E-state index contributed by atoms with van der Waals surface area (Å²) in [7, 11) is 3.24. The van der Waals surface area contributed by atoms with Crippen LogP contribution in [-0.2, 0) is 14.3 Å². The van der Waals surface area contributed by atoms with Gasteiger partial charge in [0.25, 0.3) is 0 Å². The van der Waals surface area contributed by atoms with Crippen molar-refractivity contribution in [1.82, 2.24) is 9.80 Å². The summed E-state index contributed by atoms with van der Waals surface area (Å²) >= 11 is 0. The van der Waals surface area contributed by atoms with Crippen LogP contribution in [0.3, 0.4) is 0 Å². The summed E-state index contributed by atoms with van der Waals surface area (Å²) in [5, 5.41) is 10.2. The Morgan fingerprint density at radius 2 is 1.86 bits per heavy atom. The molecular weight excluding hydrogens is 288 g/mol. The molecule has 0 aromatic carbocycles. The molecule has 22 heavy (non-hydrogen) atoms. The number of likely N-dealkylation sites (N-methyl/N-ethyl adjacent to an activating group) is 1. The zero-order valence-electron chi connectivity index (χ0n) is 13.9. The number of aliphatic hydroxyl groups excluding tert-OH is 1. The highest BCUT2D eigenvalue weighted by Crippen LogP contribution is 2.33. The molecule has 2 bridgehead atoms. The lowest BCUT2D eigenvalue weighted by Gasteiger charge is -2.52. The van der Waals surface area contributed by atoms with Crippen LogP contribution in [0.4, 0.5) is 4.79 Å². The lowest BCUT2D eigenvalue weighted by Crippen LogP contribution is -2.67. The van der Waals surface area contributed by atoms with Crippen molar-refractivity contribution < 1.29 is 24.2 Å². The summed E-state index contributed by atoms with van der Waals surface area (Å²) in [6, 6.07) is -0.246. The van der Waals surface area contributed by atoms with Crippen molar-refractivity contribution in [3.8, 4) is 0 Å². The van der Waals surface area contributed by atoms with Crippen LogP contribution < -0.4 is 0 Å². The zero-order chi connectivity index (χ0) is 16.7. The fourth-order valence-electron chi connectivity index (χ4n) is 3.30.